The molecule has 0 amide bonds. The van der Waals surface area contributed by atoms with Crippen molar-refractivity contribution in [2.45, 2.75) is 37.9 Å². The van der Waals surface area contributed by atoms with Crippen LogP contribution in [0.2, 0.25) is 0 Å². The molecule has 0 bridgehead atoms. The van der Waals surface area contributed by atoms with E-state index in [4.69, 9.17) is 18.9 Å². The van der Waals surface area contributed by atoms with Gasteiger partial charge >= 0.3 is 11.9 Å². The van der Waals surface area contributed by atoms with Crippen LogP contribution in [0.15, 0.2) is 0 Å². The summed E-state index contributed by atoms with van der Waals surface area (Å²) in [5, 5.41) is 6.55. The van der Waals surface area contributed by atoms with E-state index in [0.29, 0.717) is 12.3 Å². The van der Waals surface area contributed by atoms with Gasteiger partial charge in [0.1, 0.15) is 23.9 Å². The Morgan fingerprint density at radius 3 is 2.57 bits per heavy atom. The second-order valence-corrected chi connectivity index (χ2v) is 5.74. The Labute approximate surface area is 132 Å². The van der Waals surface area contributed by atoms with E-state index in [1.165, 1.54) is 14.2 Å². The fourth-order valence-corrected chi connectivity index (χ4v) is 2.90. The van der Waals surface area contributed by atoms with E-state index in [0.717, 1.165) is 0 Å². The lowest BCUT2D eigenvalue weighted by atomic mass is 10.0. The molecule has 0 aliphatic carbocycles. The van der Waals surface area contributed by atoms with Gasteiger partial charge in [-0.3, -0.25) is 5.10 Å². The minimum absolute atomic E-state index is 0.0155. The lowest BCUT2D eigenvalue weighted by Crippen LogP contribution is -2.26. The monoisotopic (exact) mass is 326 g/mol. The molecule has 3 heterocycles. The van der Waals surface area contributed by atoms with Gasteiger partial charge in [-0.05, 0) is 13.8 Å². The number of methoxy groups -OCH3 is 2. The van der Waals surface area contributed by atoms with Crippen molar-refractivity contribution in [2.75, 3.05) is 20.8 Å². The topological polar surface area (TPSA) is 109 Å². The molecule has 0 radical (unpaired) electrons. The van der Waals surface area contributed by atoms with Crippen molar-refractivity contribution in [3.05, 3.63) is 17.0 Å². The van der Waals surface area contributed by atoms with Gasteiger partial charge in [0.2, 0.25) is 0 Å². The summed E-state index contributed by atoms with van der Waals surface area (Å²) in [5.74, 6) is -2.20. The van der Waals surface area contributed by atoms with Gasteiger partial charge in [0.15, 0.2) is 11.5 Å². The smallest absolute Gasteiger partial charge is 0.359 e. The minimum atomic E-state index is -0.744. The summed E-state index contributed by atoms with van der Waals surface area (Å²) >= 11 is 0. The fourth-order valence-electron chi connectivity index (χ4n) is 2.90. The zero-order chi connectivity index (χ0) is 16.8. The third-order valence-corrected chi connectivity index (χ3v) is 3.81. The molecule has 1 aromatic rings. The molecule has 0 unspecified atom stereocenters. The number of rotatable bonds is 3. The van der Waals surface area contributed by atoms with Crippen molar-refractivity contribution in [3.8, 4) is 0 Å². The largest absolute Gasteiger partial charge is 0.465 e. The zero-order valence-electron chi connectivity index (χ0n) is 13.2. The Balaban J connectivity index is 1.98. The highest BCUT2D eigenvalue weighted by atomic mass is 16.8. The van der Waals surface area contributed by atoms with Crippen LogP contribution in [-0.4, -0.2) is 61.0 Å². The molecule has 0 aromatic carbocycles. The normalized spacial score (nSPS) is 28.4. The number of carbonyl (C=O) groups is 2. The number of H-pyrrole nitrogens is 1. The van der Waals surface area contributed by atoms with Gasteiger partial charge in [0.05, 0.1) is 26.5 Å². The first-order valence-corrected chi connectivity index (χ1v) is 7.10. The summed E-state index contributed by atoms with van der Waals surface area (Å²) in [4.78, 5) is 23.9. The van der Waals surface area contributed by atoms with Crippen molar-refractivity contribution in [1.29, 1.82) is 0 Å². The van der Waals surface area contributed by atoms with Crippen molar-refractivity contribution < 1.29 is 33.3 Å². The first-order valence-electron chi connectivity index (χ1n) is 7.10. The minimum Gasteiger partial charge on any atom is -0.465 e. The Bertz CT molecular complexity index is 639. The molecule has 2 aliphatic rings. The molecule has 3 rings (SSSR count). The van der Waals surface area contributed by atoms with Crippen molar-refractivity contribution in [2.24, 2.45) is 0 Å². The molecular weight excluding hydrogens is 308 g/mol. The molecule has 0 saturated carbocycles. The van der Waals surface area contributed by atoms with Crippen LogP contribution in [0.1, 0.15) is 46.5 Å². The standard InChI is InChI=1S/C14H18N2O7/c1-14(2)22-6-5-21-11(10(6)23-14)8-7(12(17)19-3)9(16-15-8)13(18)20-4/h6,10-11H,5H2,1-4H3,(H,15,16)/t6-,10+,11-/m0/s1. The summed E-state index contributed by atoms with van der Waals surface area (Å²) in [6, 6.07) is 0. The number of nitrogens with one attached hydrogen (secondary N) is 1. The molecule has 2 fully saturated rings. The summed E-state index contributed by atoms with van der Waals surface area (Å²) in [6.45, 7) is 3.92. The molecule has 1 N–H and O–H groups in total. The van der Waals surface area contributed by atoms with Gasteiger partial charge in [-0.25, -0.2) is 9.59 Å². The number of hydrogen-bond donors (Lipinski definition) is 1. The maximum Gasteiger partial charge on any atom is 0.359 e. The summed E-state index contributed by atoms with van der Waals surface area (Å²) < 4.78 is 26.6. The zero-order valence-corrected chi connectivity index (χ0v) is 13.2. The Morgan fingerprint density at radius 1 is 1.22 bits per heavy atom. The average Bonchev–Trinajstić information content (AvgIpc) is 3.16. The molecule has 1 aromatic heterocycles. The van der Waals surface area contributed by atoms with Gasteiger partial charge in [0.25, 0.3) is 0 Å². The third-order valence-electron chi connectivity index (χ3n) is 3.81. The molecule has 9 nitrogen and oxygen atoms in total. The van der Waals surface area contributed by atoms with E-state index in [1.54, 1.807) is 13.8 Å². The predicted octanol–water partition coefficient (Wildman–Crippen LogP) is 0.574. The number of fused-ring (bicyclic) bond motifs is 1. The molecule has 23 heavy (non-hydrogen) atoms. The van der Waals surface area contributed by atoms with E-state index >= 15 is 0 Å². The highest BCUT2D eigenvalue weighted by molar-refractivity contribution is 6.02. The number of aromatic nitrogens is 2. The van der Waals surface area contributed by atoms with Gasteiger partial charge in [-0.2, -0.15) is 5.10 Å². The fraction of sp³-hybridized carbons (Fsp3) is 0.643. The number of aromatic amines is 1. The number of ether oxygens (including phenoxy) is 5. The molecular formula is C14H18N2O7. The number of nitrogens with zero attached hydrogens (tertiary/aromatic N) is 1. The highest BCUT2D eigenvalue weighted by Crippen LogP contribution is 2.42. The maximum atomic E-state index is 12.1. The van der Waals surface area contributed by atoms with Crippen molar-refractivity contribution >= 4 is 11.9 Å². The second-order valence-electron chi connectivity index (χ2n) is 5.74. The summed E-state index contributed by atoms with van der Waals surface area (Å²) in [5.41, 5.74) is 0.143. The van der Waals surface area contributed by atoms with E-state index in [2.05, 4.69) is 14.9 Å². The van der Waals surface area contributed by atoms with Gasteiger partial charge in [0, 0.05) is 0 Å². The number of esters is 2. The van der Waals surface area contributed by atoms with Crippen LogP contribution in [0.3, 0.4) is 0 Å². The van der Waals surface area contributed by atoms with E-state index < -0.39 is 29.9 Å². The van der Waals surface area contributed by atoms with Crippen molar-refractivity contribution in [1.82, 2.24) is 10.2 Å². The Morgan fingerprint density at radius 2 is 1.91 bits per heavy atom. The molecule has 9 heteroatoms. The molecule has 2 saturated heterocycles. The molecule has 126 valence electrons. The van der Waals surface area contributed by atoms with Crippen LogP contribution in [0, 0.1) is 0 Å². The van der Waals surface area contributed by atoms with E-state index in [-0.39, 0.29) is 17.4 Å². The van der Waals surface area contributed by atoms with Crippen molar-refractivity contribution in [3.63, 3.8) is 0 Å². The molecule has 2 aliphatic heterocycles. The highest BCUT2D eigenvalue weighted by Gasteiger charge is 2.52. The van der Waals surface area contributed by atoms with Crippen LogP contribution >= 0.6 is 0 Å². The number of carbonyl (C=O) groups excluding carboxylic acids is 2. The summed E-state index contributed by atoms with van der Waals surface area (Å²) in [6.07, 6.45) is -1.30. The SMILES string of the molecule is COC(=O)c1n[nH]c([C@@H]2OC[C@@H]3OC(C)(C)O[C@H]32)c1C(=O)OC. The third kappa shape index (κ3) is 2.60. The summed E-state index contributed by atoms with van der Waals surface area (Å²) in [7, 11) is 2.42. The first-order chi connectivity index (χ1) is 10.9. The average molecular weight is 326 g/mol. The maximum absolute atomic E-state index is 12.1. The lowest BCUT2D eigenvalue weighted by Gasteiger charge is -2.21. The van der Waals surface area contributed by atoms with Crippen LogP contribution in [0.25, 0.3) is 0 Å². The Kier molecular flexibility index (Phi) is 3.86. The van der Waals surface area contributed by atoms with E-state index in [9.17, 15) is 9.59 Å². The lowest BCUT2D eigenvalue weighted by molar-refractivity contribution is -0.176. The molecule has 3 atom stereocenters. The number of hydrogen-bond acceptors (Lipinski definition) is 8. The first kappa shape index (κ1) is 15.9. The van der Waals surface area contributed by atoms with Crippen LogP contribution in [-0.2, 0) is 23.7 Å². The van der Waals surface area contributed by atoms with Crippen LogP contribution in [0.5, 0.6) is 0 Å². The van der Waals surface area contributed by atoms with Gasteiger partial charge in [-0.1, -0.05) is 0 Å². The van der Waals surface area contributed by atoms with Gasteiger partial charge in [-0.15, -0.1) is 0 Å². The second kappa shape index (κ2) is 5.59. The van der Waals surface area contributed by atoms with Crippen LogP contribution < -0.4 is 0 Å². The van der Waals surface area contributed by atoms with Crippen LogP contribution in [0.4, 0.5) is 0 Å². The molecule has 0 spiro atoms. The van der Waals surface area contributed by atoms with E-state index in [1.807, 2.05) is 0 Å². The predicted molar refractivity (Wildman–Crippen MR) is 73.8 cm³/mol. The van der Waals surface area contributed by atoms with Gasteiger partial charge < -0.3 is 23.7 Å². The quantitative estimate of drug-likeness (QED) is 0.803. The Hall–Kier alpha value is -1.97.